The van der Waals surface area contributed by atoms with E-state index in [1.54, 1.807) is 6.20 Å². The maximum absolute atomic E-state index is 5.89. The lowest BCUT2D eigenvalue weighted by molar-refractivity contribution is -0.00940. The van der Waals surface area contributed by atoms with Crippen molar-refractivity contribution in [3.63, 3.8) is 0 Å². The highest BCUT2D eigenvalue weighted by molar-refractivity contribution is 6.30. The molecule has 3 nitrogen and oxygen atoms in total. The summed E-state index contributed by atoms with van der Waals surface area (Å²) in [6, 6.07) is 4.31. The third kappa shape index (κ3) is 3.59. The van der Waals surface area contributed by atoms with Gasteiger partial charge in [-0.05, 0) is 45.7 Å². The monoisotopic (exact) mass is 268 g/mol. The molecule has 1 aromatic rings. The molecule has 0 radical (unpaired) electrons. The summed E-state index contributed by atoms with van der Waals surface area (Å²) in [6.07, 6.45) is 4.07. The summed E-state index contributed by atoms with van der Waals surface area (Å²) in [5, 5.41) is 0.681. The molecule has 1 aliphatic rings. The molecule has 0 aliphatic carbocycles. The first-order valence-electron chi connectivity index (χ1n) is 6.48. The maximum Gasteiger partial charge on any atom is 0.128 e. The van der Waals surface area contributed by atoms with Crippen LogP contribution in [0.25, 0.3) is 0 Å². The van der Waals surface area contributed by atoms with Crippen LogP contribution < -0.4 is 4.90 Å². The first kappa shape index (κ1) is 13.6. The minimum Gasteiger partial charge on any atom is -0.374 e. The molecule has 1 aromatic heterocycles. The van der Waals surface area contributed by atoms with Gasteiger partial charge in [-0.1, -0.05) is 11.6 Å². The van der Waals surface area contributed by atoms with Crippen LogP contribution in [0.1, 0.15) is 33.6 Å². The highest BCUT2D eigenvalue weighted by Crippen LogP contribution is 2.25. The van der Waals surface area contributed by atoms with Gasteiger partial charge < -0.3 is 9.64 Å². The van der Waals surface area contributed by atoms with Gasteiger partial charge in [-0.2, -0.15) is 0 Å². The third-order valence-electron chi connectivity index (χ3n) is 3.09. The number of anilines is 1. The fraction of sp³-hybridized carbons (Fsp3) is 0.643. The Morgan fingerprint density at radius 1 is 1.44 bits per heavy atom. The van der Waals surface area contributed by atoms with Crippen LogP contribution >= 0.6 is 11.6 Å². The molecule has 2 rings (SSSR count). The number of aromatic nitrogens is 1. The fourth-order valence-corrected chi connectivity index (χ4v) is 2.31. The zero-order valence-electron chi connectivity index (χ0n) is 11.3. The van der Waals surface area contributed by atoms with Gasteiger partial charge >= 0.3 is 0 Å². The SMILES string of the molecule is CC(C)(C)OCC1CCCN1c1ccc(Cl)cn1. The molecule has 100 valence electrons. The van der Waals surface area contributed by atoms with Gasteiger partial charge in [0.1, 0.15) is 5.82 Å². The molecular weight excluding hydrogens is 248 g/mol. The Morgan fingerprint density at radius 3 is 2.83 bits per heavy atom. The largest absolute Gasteiger partial charge is 0.374 e. The Kier molecular flexibility index (Phi) is 4.13. The van der Waals surface area contributed by atoms with E-state index >= 15 is 0 Å². The second-order valence-corrected chi connectivity index (χ2v) is 6.18. The second kappa shape index (κ2) is 5.45. The van der Waals surface area contributed by atoms with E-state index < -0.39 is 0 Å². The number of hydrogen-bond donors (Lipinski definition) is 0. The van der Waals surface area contributed by atoms with Crippen molar-refractivity contribution in [3.8, 4) is 0 Å². The van der Waals surface area contributed by atoms with Crippen molar-refractivity contribution in [2.75, 3.05) is 18.1 Å². The molecule has 18 heavy (non-hydrogen) atoms. The minimum atomic E-state index is -0.0817. The first-order chi connectivity index (χ1) is 8.46. The average molecular weight is 269 g/mol. The van der Waals surface area contributed by atoms with Crippen LogP contribution in [0.5, 0.6) is 0 Å². The van der Waals surface area contributed by atoms with E-state index in [4.69, 9.17) is 16.3 Å². The van der Waals surface area contributed by atoms with Gasteiger partial charge in [0.15, 0.2) is 0 Å². The lowest BCUT2D eigenvalue weighted by atomic mass is 10.2. The van der Waals surface area contributed by atoms with Crippen LogP contribution in [-0.2, 0) is 4.74 Å². The van der Waals surface area contributed by atoms with Gasteiger partial charge in [-0.25, -0.2) is 4.98 Å². The number of ether oxygens (including phenoxy) is 1. The predicted molar refractivity (Wildman–Crippen MR) is 75.3 cm³/mol. The Morgan fingerprint density at radius 2 is 2.22 bits per heavy atom. The van der Waals surface area contributed by atoms with Crippen molar-refractivity contribution in [2.45, 2.75) is 45.3 Å². The molecule has 1 aliphatic heterocycles. The number of hydrogen-bond acceptors (Lipinski definition) is 3. The minimum absolute atomic E-state index is 0.0817. The smallest absolute Gasteiger partial charge is 0.128 e. The molecule has 1 fully saturated rings. The molecule has 1 saturated heterocycles. The van der Waals surface area contributed by atoms with E-state index in [2.05, 4.69) is 30.7 Å². The number of nitrogens with zero attached hydrogens (tertiary/aromatic N) is 2. The third-order valence-corrected chi connectivity index (χ3v) is 3.32. The van der Waals surface area contributed by atoms with Gasteiger partial charge in [-0.3, -0.25) is 0 Å². The van der Waals surface area contributed by atoms with Gasteiger partial charge in [0.25, 0.3) is 0 Å². The molecule has 0 bridgehead atoms. The molecular formula is C14H21ClN2O. The van der Waals surface area contributed by atoms with Gasteiger partial charge in [0.2, 0.25) is 0 Å². The standard InChI is InChI=1S/C14H21ClN2O/c1-14(2,3)18-10-12-5-4-8-17(12)13-7-6-11(15)9-16-13/h6-7,9,12H,4-5,8,10H2,1-3H3. The van der Waals surface area contributed by atoms with E-state index in [0.29, 0.717) is 11.1 Å². The summed E-state index contributed by atoms with van der Waals surface area (Å²) < 4.78 is 5.89. The van der Waals surface area contributed by atoms with Crippen LogP contribution in [0, 0.1) is 0 Å². The van der Waals surface area contributed by atoms with Crippen molar-refractivity contribution in [2.24, 2.45) is 0 Å². The molecule has 0 amide bonds. The molecule has 1 atom stereocenters. The van der Waals surface area contributed by atoms with Crippen molar-refractivity contribution in [1.29, 1.82) is 0 Å². The summed E-state index contributed by atoms with van der Waals surface area (Å²) >= 11 is 5.87. The van der Waals surface area contributed by atoms with E-state index in [0.717, 1.165) is 19.0 Å². The Hall–Kier alpha value is -0.800. The number of pyridine rings is 1. The fourth-order valence-electron chi connectivity index (χ4n) is 2.19. The van der Waals surface area contributed by atoms with Crippen molar-refractivity contribution < 1.29 is 4.74 Å². The van der Waals surface area contributed by atoms with Crippen LogP contribution in [-0.4, -0.2) is 29.8 Å². The molecule has 4 heteroatoms. The van der Waals surface area contributed by atoms with E-state index in [9.17, 15) is 0 Å². The lowest BCUT2D eigenvalue weighted by Gasteiger charge is -2.29. The normalized spacial score (nSPS) is 20.4. The maximum atomic E-state index is 5.89. The Balaban J connectivity index is 2.01. The molecule has 0 saturated carbocycles. The van der Waals surface area contributed by atoms with Gasteiger partial charge in [0, 0.05) is 12.7 Å². The van der Waals surface area contributed by atoms with Crippen LogP contribution in [0.15, 0.2) is 18.3 Å². The van der Waals surface area contributed by atoms with Crippen LogP contribution in [0.3, 0.4) is 0 Å². The average Bonchev–Trinajstić information content (AvgIpc) is 2.75. The quantitative estimate of drug-likeness (QED) is 0.839. The molecule has 1 unspecified atom stereocenters. The van der Waals surface area contributed by atoms with Crippen LogP contribution in [0.4, 0.5) is 5.82 Å². The molecule has 2 heterocycles. The zero-order chi connectivity index (χ0) is 13.2. The summed E-state index contributed by atoms with van der Waals surface area (Å²) in [4.78, 5) is 6.71. The summed E-state index contributed by atoms with van der Waals surface area (Å²) in [5.41, 5.74) is -0.0817. The summed E-state index contributed by atoms with van der Waals surface area (Å²) in [7, 11) is 0. The van der Waals surface area contributed by atoms with E-state index in [-0.39, 0.29) is 5.60 Å². The van der Waals surface area contributed by atoms with Crippen molar-refractivity contribution in [3.05, 3.63) is 23.4 Å². The second-order valence-electron chi connectivity index (χ2n) is 5.75. The van der Waals surface area contributed by atoms with Crippen molar-refractivity contribution >= 4 is 17.4 Å². The van der Waals surface area contributed by atoms with Gasteiger partial charge in [-0.15, -0.1) is 0 Å². The first-order valence-corrected chi connectivity index (χ1v) is 6.86. The number of halogens is 1. The zero-order valence-corrected chi connectivity index (χ0v) is 12.1. The molecule has 0 N–H and O–H groups in total. The highest BCUT2D eigenvalue weighted by atomic mass is 35.5. The predicted octanol–water partition coefficient (Wildman–Crippen LogP) is 3.52. The summed E-state index contributed by atoms with van der Waals surface area (Å²) in [6.45, 7) is 8.08. The van der Waals surface area contributed by atoms with E-state index in [1.165, 1.54) is 12.8 Å². The van der Waals surface area contributed by atoms with E-state index in [1.807, 2.05) is 12.1 Å². The van der Waals surface area contributed by atoms with Crippen LogP contribution in [0.2, 0.25) is 5.02 Å². The number of rotatable bonds is 3. The molecule has 0 spiro atoms. The Bertz CT molecular complexity index is 386. The lowest BCUT2D eigenvalue weighted by Crippen LogP contribution is -2.36. The Labute approximate surface area is 114 Å². The summed E-state index contributed by atoms with van der Waals surface area (Å²) in [5.74, 6) is 0.999. The highest BCUT2D eigenvalue weighted by Gasteiger charge is 2.27. The topological polar surface area (TPSA) is 25.4 Å². The van der Waals surface area contributed by atoms with Crippen molar-refractivity contribution in [1.82, 2.24) is 4.98 Å². The molecule has 0 aromatic carbocycles. The van der Waals surface area contributed by atoms with Gasteiger partial charge in [0.05, 0.1) is 23.3 Å².